The number of halogens is 2. The van der Waals surface area contributed by atoms with Crippen molar-refractivity contribution in [3.05, 3.63) is 39.9 Å². The molecule has 0 heterocycles. The summed E-state index contributed by atoms with van der Waals surface area (Å²) in [6.45, 7) is 11.1. The molecule has 0 aliphatic carbocycles. The molecule has 0 saturated heterocycles. The summed E-state index contributed by atoms with van der Waals surface area (Å²) < 4.78 is 5.49. The van der Waals surface area contributed by atoms with Gasteiger partial charge in [-0.3, -0.25) is 9.59 Å². The van der Waals surface area contributed by atoms with E-state index in [-0.39, 0.29) is 39.5 Å². The van der Waals surface area contributed by atoms with Gasteiger partial charge in [0.2, 0.25) is 0 Å². The lowest BCUT2D eigenvalue weighted by molar-refractivity contribution is -0.129. The Kier molecular flexibility index (Phi) is 6.84. The molecule has 0 aromatic heterocycles. The molecule has 1 rings (SSSR count). The summed E-state index contributed by atoms with van der Waals surface area (Å²) in [4.78, 5) is 24.3. The molecule has 0 atom stereocenters. The predicted octanol–water partition coefficient (Wildman–Crippen LogP) is 5.53. The van der Waals surface area contributed by atoms with Crippen LogP contribution in [0.15, 0.2) is 24.3 Å². The predicted molar refractivity (Wildman–Crippen MR) is 94.8 cm³/mol. The lowest BCUT2D eigenvalue weighted by Crippen LogP contribution is -2.28. The van der Waals surface area contributed by atoms with Crippen molar-refractivity contribution in [2.45, 2.75) is 40.5 Å². The van der Waals surface area contributed by atoms with Gasteiger partial charge < -0.3 is 4.74 Å². The van der Waals surface area contributed by atoms with Crippen LogP contribution in [0.3, 0.4) is 0 Å². The second-order valence-electron chi connectivity index (χ2n) is 5.97. The van der Waals surface area contributed by atoms with E-state index in [9.17, 15) is 9.59 Å². The fraction of sp³-hybridized carbons (Fsp3) is 0.444. The number of Topliss-reactive ketones (excluding diaryl/α,β-unsaturated/α-hetero) is 2. The van der Waals surface area contributed by atoms with Crippen molar-refractivity contribution in [2.24, 2.45) is 5.41 Å². The highest BCUT2D eigenvalue weighted by molar-refractivity contribution is 6.45. The summed E-state index contributed by atoms with van der Waals surface area (Å²) >= 11 is 12.3. The van der Waals surface area contributed by atoms with Crippen LogP contribution in [0.25, 0.3) is 0 Å². The molecule has 0 aliphatic heterocycles. The van der Waals surface area contributed by atoms with Crippen molar-refractivity contribution in [3.63, 3.8) is 0 Å². The van der Waals surface area contributed by atoms with Crippen LogP contribution in [0, 0.1) is 5.41 Å². The first-order valence-electron chi connectivity index (χ1n) is 7.52. The number of hydrogen-bond donors (Lipinski definition) is 0. The molecule has 126 valence electrons. The van der Waals surface area contributed by atoms with E-state index < -0.39 is 5.41 Å². The van der Waals surface area contributed by atoms with E-state index in [1.54, 1.807) is 12.1 Å². The van der Waals surface area contributed by atoms with Gasteiger partial charge in [0.25, 0.3) is 0 Å². The summed E-state index contributed by atoms with van der Waals surface area (Å²) in [7, 11) is 0. The fourth-order valence-corrected chi connectivity index (χ4v) is 2.17. The van der Waals surface area contributed by atoms with Crippen molar-refractivity contribution in [1.29, 1.82) is 0 Å². The third-order valence-electron chi connectivity index (χ3n) is 4.04. The Morgan fingerprint density at radius 3 is 2.30 bits per heavy atom. The van der Waals surface area contributed by atoms with Gasteiger partial charge in [-0.25, -0.2) is 0 Å². The lowest BCUT2D eigenvalue weighted by Gasteiger charge is -2.21. The van der Waals surface area contributed by atoms with Crippen LogP contribution >= 0.6 is 23.2 Å². The number of ether oxygens (including phenoxy) is 1. The van der Waals surface area contributed by atoms with Crippen molar-refractivity contribution in [2.75, 3.05) is 6.61 Å². The maximum Gasteiger partial charge on any atom is 0.189 e. The van der Waals surface area contributed by atoms with Crippen LogP contribution in [-0.2, 0) is 4.79 Å². The van der Waals surface area contributed by atoms with Crippen LogP contribution in [0.1, 0.15) is 50.9 Å². The van der Waals surface area contributed by atoms with Crippen LogP contribution in [0.4, 0.5) is 0 Å². The Balaban J connectivity index is 2.96. The smallest absolute Gasteiger partial charge is 0.189 e. The quantitative estimate of drug-likeness (QED) is 0.454. The molecule has 23 heavy (non-hydrogen) atoms. The largest absolute Gasteiger partial charge is 0.484 e. The Hall–Kier alpha value is -1.32. The zero-order valence-corrected chi connectivity index (χ0v) is 15.5. The highest BCUT2D eigenvalue weighted by Crippen LogP contribution is 2.36. The summed E-state index contributed by atoms with van der Waals surface area (Å²) in [6.07, 6.45) is 1.25. The van der Waals surface area contributed by atoms with Crippen LogP contribution < -0.4 is 4.74 Å². The highest BCUT2D eigenvalue weighted by Gasteiger charge is 2.26. The van der Waals surface area contributed by atoms with E-state index in [1.165, 1.54) is 0 Å². The Morgan fingerprint density at radius 2 is 1.78 bits per heavy atom. The van der Waals surface area contributed by atoms with Gasteiger partial charge in [0.05, 0.1) is 5.02 Å². The van der Waals surface area contributed by atoms with Crippen molar-refractivity contribution >= 4 is 34.8 Å². The Morgan fingerprint density at radius 1 is 1.17 bits per heavy atom. The molecular formula is C18H22Cl2O3. The molecule has 0 radical (unpaired) electrons. The standard InChI is InChI=1S/C18H22Cl2O3/c1-6-11(3)17(22)12-8-9-13(16(20)15(12)19)23-10-14(21)18(4,5)7-2/h8-9H,3,6-7,10H2,1-2,4-5H3. The Labute approximate surface area is 147 Å². The zero-order chi connectivity index (χ0) is 17.8. The number of carbonyl (C=O) groups is 2. The molecule has 0 unspecified atom stereocenters. The van der Waals surface area contributed by atoms with Gasteiger partial charge >= 0.3 is 0 Å². The SMILES string of the molecule is C=C(CC)C(=O)c1ccc(OCC(=O)C(C)(C)CC)c(Cl)c1Cl. The number of carbonyl (C=O) groups excluding carboxylic acids is 2. The van der Waals surface area contributed by atoms with E-state index in [1.807, 2.05) is 27.7 Å². The third kappa shape index (κ3) is 4.58. The van der Waals surface area contributed by atoms with E-state index in [0.29, 0.717) is 12.0 Å². The number of rotatable bonds is 8. The number of hydrogen-bond acceptors (Lipinski definition) is 3. The van der Waals surface area contributed by atoms with Gasteiger partial charge in [-0.2, -0.15) is 0 Å². The molecule has 1 aromatic carbocycles. The maximum atomic E-state index is 12.2. The summed E-state index contributed by atoms with van der Waals surface area (Å²) in [5, 5.41) is 0.245. The van der Waals surface area contributed by atoms with Crippen LogP contribution in [0.2, 0.25) is 10.0 Å². The Bertz CT molecular complexity index is 633. The lowest BCUT2D eigenvalue weighted by atomic mass is 9.86. The second kappa shape index (κ2) is 7.98. The van der Waals surface area contributed by atoms with Gasteiger partial charge in [-0.15, -0.1) is 0 Å². The van der Waals surface area contributed by atoms with Crippen LogP contribution in [-0.4, -0.2) is 18.2 Å². The zero-order valence-electron chi connectivity index (χ0n) is 14.0. The number of ketones is 2. The summed E-state index contributed by atoms with van der Waals surface area (Å²) in [6, 6.07) is 3.10. The van der Waals surface area contributed by atoms with Crippen molar-refractivity contribution < 1.29 is 14.3 Å². The van der Waals surface area contributed by atoms with Crippen molar-refractivity contribution in [1.82, 2.24) is 0 Å². The number of allylic oxidation sites excluding steroid dienone is 1. The molecule has 5 heteroatoms. The van der Waals surface area contributed by atoms with Gasteiger partial charge in [-0.05, 0) is 30.5 Å². The first-order valence-corrected chi connectivity index (χ1v) is 8.27. The van der Waals surface area contributed by atoms with E-state index in [0.717, 1.165) is 6.42 Å². The molecule has 0 amide bonds. The molecule has 0 aliphatic rings. The average molecular weight is 357 g/mol. The summed E-state index contributed by atoms with van der Waals surface area (Å²) in [5.74, 6) is 0.0245. The van der Waals surface area contributed by atoms with E-state index >= 15 is 0 Å². The second-order valence-corrected chi connectivity index (χ2v) is 6.73. The average Bonchev–Trinajstić information content (AvgIpc) is 2.54. The van der Waals surface area contributed by atoms with Crippen molar-refractivity contribution in [3.8, 4) is 5.75 Å². The van der Waals surface area contributed by atoms with Gasteiger partial charge in [0.1, 0.15) is 17.4 Å². The summed E-state index contributed by atoms with van der Waals surface area (Å²) in [5.41, 5.74) is 0.290. The molecule has 0 fully saturated rings. The molecule has 0 bridgehead atoms. The molecule has 3 nitrogen and oxygen atoms in total. The minimum absolute atomic E-state index is 0.0216. The minimum atomic E-state index is -0.453. The maximum absolute atomic E-state index is 12.2. The molecule has 0 saturated carbocycles. The highest BCUT2D eigenvalue weighted by atomic mass is 35.5. The first-order chi connectivity index (χ1) is 10.7. The topological polar surface area (TPSA) is 43.4 Å². The first kappa shape index (κ1) is 19.7. The van der Waals surface area contributed by atoms with Crippen LogP contribution in [0.5, 0.6) is 5.75 Å². The molecule has 0 spiro atoms. The molecular weight excluding hydrogens is 335 g/mol. The third-order valence-corrected chi connectivity index (χ3v) is 4.90. The van der Waals surface area contributed by atoms with E-state index in [4.69, 9.17) is 27.9 Å². The van der Waals surface area contributed by atoms with Gasteiger partial charge in [0, 0.05) is 11.0 Å². The van der Waals surface area contributed by atoms with Gasteiger partial charge in [0.15, 0.2) is 11.6 Å². The van der Waals surface area contributed by atoms with E-state index in [2.05, 4.69) is 6.58 Å². The fourth-order valence-electron chi connectivity index (χ4n) is 1.71. The monoisotopic (exact) mass is 356 g/mol. The molecule has 1 aromatic rings. The number of benzene rings is 1. The molecule has 0 N–H and O–H groups in total. The minimum Gasteiger partial charge on any atom is -0.484 e. The normalized spacial score (nSPS) is 11.2. The van der Waals surface area contributed by atoms with Gasteiger partial charge in [-0.1, -0.05) is 57.5 Å².